The Kier molecular flexibility index (Phi) is 5.17. The molecule has 1 N–H and O–H groups in total. The molecule has 0 radical (unpaired) electrons. The number of para-hydroxylation sites is 1. The zero-order valence-corrected chi connectivity index (χ0v) is 12.5. The van der Waals surface area contributed by atoms with E-state index < -0.39 is 15.8 Å². The Bertz CT molecular complexity index is 707. The molecule has 0 atom stereocenters. The minimum atomic E-state index is -3.79. The second-order valence-corrected chi connectivity index (χ2v) is 6.28. The Balaban J connectivity index is 1.92. The van der Waals surface area contributed by atoms with Crippen molar-refractivity contribution in [2.75, 3.05) is 13.2 Å². The Hall–Kier alpha value is -1.63. The first-order valence-electron chi connectivity index (χ1n) is 6.11. The number of rotatable bonds is 6. The SMILES string of the molecule is O=S(=O)(NCCOc1ccccc1)c1ccc(F)cc1Cl. The van der Waals surface area contributed by atoms with Crippen LogP contribution in [0.5, 0.6) is 5.75 Å². The van der Waals surface area contributed by atoms with Gasteiger partial charge in [0, 0.05) is 6.54 Å². The van der Waals surface area contributed by atoms with Gasteiger partial charge in [0.2, 0.25) is 10.0 Å². The summed E-state index contributed by atoms with van der Waals surface area (Å²) >= 11 is 5.73. The lowest BCUT2D eigenvalue weighted by Crippen LogP contribution is -2.28. The molecule has 0 aliphatic heterocycles. The van der Waals surface area contributed by atoms with Gasteiger partial charge in [-0.05, 0) is 30.3 Å². The second-order valence-electron chi connectivity index (χ2n) is 4.13. The van der Waals surface area contributed by atoms with E-state index in [2.05, 4.69) is 4.72 Å². The van der Waals surface area contributed by atoms with Crippen LogP contribution in [0.15, 0.2) is 53.4 Å². The number of halogens is 2. The van der Waals surface area contributed by atoms with Crippen molar-refractivity contribution in [1.82, 2.24) is 4.72 Å². The maximum atomic E-state index is 12.9. The predicted octanol–water partition coefficient (Wildman–Crippen LogP) is 2.84. The summed E-state index contributed by atoms with van der Waals surface area (Å²) in [5.74, 6) is 0.0582. The number of hydrogen-bond acceptors (Lipinski definition) is 3. The predicted molar refractivity (Wildman–Crippen MR) is 78.5 cm³/mol. The lowest BCUT2D eigenvalue weighted by atomic mass is 10.3. The molecule has 0 aliphatic carbocycles. The van der Waals surface area contributed by atoms with Crippen LogP contribution in [0.3, 0.4) is 0 Å². The zero-order chi connectivity index (χ0) is 15.3. The molecule has 0 spiro atoms. The fraction of sp³-hybridized carbons (Fsp3) is 0.143. The Labute approximate surface area is 127 Å². The van der Waals surface area contributed by atoms with E-state index in [4.69, 9.17) is 16.3 Å². The average Bonchev–Trinajstić information content (AvgIpc) is 2.44. The first kappa shape index (κ1) is 15.8. The van der Waals surface area contributed by atoms with E-state index in [9.17, 15) is 12.8 Å². The van der Waals surface area contributed by atoms with Gasteiger partial charge in [-0.25, -0.2) is 17.5 Å². The van der Waals surface area contributed by atoms with Gasteiger partial charge < -0.3 is 4.74 Å². The molecule has 2 aromatic rings. The maximum absolute atomic E-state index is 12.9. The van der Waals surface area contributed by atoms with E-state index in [-0.39, 0.29) is 23.1 Å². The molecule has 2 aromatic carbocycles. The molecule has 0 saturated heterocycles. The monoisotopic (exact) mass is 329 g/mol. The van der Waals surface area contributed by atoms with Gasteiger partial charge in [0.1, 0.15) is 23.1 Å². The number of hydrogen-bond donors (Lipinski definition) is 1. The number of ether oxygens (including phenoxy) is 1. The maximum Gasteiger partial charge on any atom is 0.242 e. The Morgan fingerprint density at radius 2 is 1.86 bits per heavy atom. The molecule has 7 heteroatoms. The lowest BCUT2D eigenvalue weighted by Gasteiger charge is -2.09. The summed E-state index contributed by atoms with van der Waals surface area (Å²) in [6, 6.07) is 12.1. The third-order valence-electron chi connectivity index (χ3n) is 2.59. The number of sulfonamides is 1. The van der Waals surface area contributed by atoms with Gasteiger partial charge in [-0.3, -0.25) is 0 Å². The smallest absolute Gasteiger partial charge is 0.242 e. The molecule has 0 saturated carbocycles. The number of nitrogens with one attached hydrogen (secondary N) is 1. The van der Waals surface area contributed by atoms with Gasteiger partial charge in [0.15, 0.2) is 0 Å². The highest BCUT2D eigenvalue weighted by molar-refractivity contribution is 7.89. The van der Waals surface area contributed by atoms with Gasteiger partial charge in [-0.15, -0.1) is 0 Å². The molecule has 4 nitrogen and oxygen atoms in total. The van der Waals surface area contributed by atoms with Crippen LogP contribution >= 0.6 is 11.6 Å². The fourth-order valence-electron chi connectivity index (χ4n) is 1.63. The van der Waals surface area contributed by atoms with Crippen molar-refractivity contribution in [3.05, 3.63) is 59.4 Å². The Morgan fingerprint density at radius 3 is 2.52 bits per heavy atom. The highest BCUT2D eigenvalue weighted by Crippen LogP contribution is 2.21. The normalized spacial score (nSPS) is 11.3. The van der Waals surface area contributed by atoms with Crippen LogP contribution in [-0.4, -0.2) is 21.6 Å². The summed E-state index contributed by atoms with van der Waals surface area (Å²) in [5.41, 5.74) is 0. The lowest BCUT2D eigenvalue weighted by molar-refractivity contribution is 0.323. The van der Waals surface area contributed by atoms with Crippen molar-refractivity contribution in [2.24, 2.45) is 0 Å². The third-order valence-corrected chi connectivity index (χ3v) is 4.53. The second kappa shape index (κ2) is 6.89. The summed E-state index contributed by atoms with van der Waals surface area (Å²) in [6.45, 7) is 0.243. The van der Waals surface area contributed by atoms with Gasteiger partial charge in [-0.1, -0.05) is 29.8 Å². The molecule has 0 heterocycles. The summed E-state index contributed by atoms with van der Waals surface area (Å²) in [6.07, 6.45) is 0. The molecule has 0 amide bonds. The van der Waals surface area contributed by atoms with Gasteiger partial charge in [0.25, 0.3) is 0 Å². The summed E-state index contributed by atoms with van der Waals surface area (Å²) in [5, 5.41) is -0.161. The van der Waals surface area contributed by atoms with Crippen LogP contribution in [0.25, 0.3) is 0 Å². The molecule has 0 bridgehead atoms. The van der Waals surface area contributed by atoms with Gasteiger partial charge in [0.05, 0.1) is 5.02 Å². The fourth-order valence-corrected chi connectivity index (χ4v) is 3.17. The molecule has 0 fully saturated rings. The molecule has 0 aliphatic rings. The van der Waals surface area contributed by atoms with Crippen molar-refractivity contribution in [3.63, 3.8) is 0 Å². The van der Waals surface area contributed by atoms with E-state index in [0.717, 1.165) is 18.2 Å². The van der Waals surface area contributed by atoms with Crippen LogP contribution in [-0.2, 0) is 10.0 Å². The highest BCUT2D eigenvalue weighted by Gasteiger charge is 2.17. The van der Waals surface area contributed by atoms with Crippen LogP contribution < -0.4 is 9.46 Å². The summed E-state index contributed by atoms with van der Waals surface area (Å²) in [7, 11) is -3.79. The highest BCUT2D eigenvalue weighted by atomic mass is 35.5. The molecule has 21 heavy (non-hydrogen) atoms. The van der Waals surface area contributed by atoms with E-state index in [0.29, 0.717) is 5.75 Å². The molecular formula is C14H13ClFNO3S. The third kappa shape index (κ3) is 4.42. The van der Waals surface area contributed by atoms with Crippen LogP contribution in [0, 0.1) is 5.82 Å². The quantitative estimate of drug-likeness (QED) is 0.829. The van der Waals surface area contributed by atoms with Crippen LogP contribution in [0.2, 0.25) is 5.02 Å². The van der Waals surface area contributed by atoms with Crippen LogP contribution in [0.4, 0.5) is 4.39 Å². The van der Waals surface area contributed by atoms with E-state index >= 15 is 0 Å². The molecule has 112 valence electrons. The van der Waals surface area contributed by atoms with Crippen LogP contribution in [0.1, 0.15) is 0 Å². The minimum absolute atomic E-state index is 0.0743. The minimum Gasteiger partial charge on any atom is -0.492 e. The van der Waals surface area contributed by atoms with Crippen molar-refractivity contribution >= 4 is 21.6 Å². The molecule has 0 unspecified atom stereocenters. The largest absolute Gasteiger partial charge is 0.492 e. The standard InChI is InChI=1S/C14H13ClFNO3S/c15-13-10-11(16)6-7-14(13)21(18,19)17-8-9-20-12-4-2-1-3-5-12/h1-7,10,17H,8-9H2. The van der Waals surface area contributed by atoms with E-state index in [1.807, 2.05) is 18.2 Å². The topological polar surface area (TPSA) is 55.4 Å². The van der Waals surface area contributed by atoms with Crippen molar-refractivity contribution < 1.29 is 17.5 Å². The van der Waals surface area contributed by atoms with Crippen molar-refractivity contribution in [2.45, 2.75) is 4.90 Å². The van der Waals surface area contributed by atoms with Crippen molar-refractivity contribution in [1.29, 1.82) is 0 Å². The van der Waals surface area contributed by atoms with Gasteiger partial charge >= 0.3 is 0 Å². The summed E-state index contributed by atoms with van der Waals surface area (Å²) < 4.78 is 44.6. The van der Waals surface area contributed by atoms with Crippen molar-refractivity contribution in [3.8, 4) is 5.75 Å². The Morgan fingerprint density at radius 1 is 1.14 bits per heavy atom. The zero-order valence-electron chi connectivity index (χ0n) is 10.9. The number of benzene rings is 2. The first-order chi connectivity index (χ1) is 9.99. The molecule has 0 aromatic heterocycles. The molecular weight excluding hydrogens is 317 g/mol. The van der Waals surface area contributed by atoms with Gasteiger partial charge in [-0.2, -0.15) is 0 Å². The average molecular weight is 330 g/mol. The first-order valence-corrected chi connectivity index (χ1v) is 7.98. The van der Waals surface area contributed by atoms with E-state index in [1.54, 1.807) is 12.1 Å². The summed E-state index contributed by atoms with van der Waals surface area (Å²) in [4.78, 5) is -0.162. The molecule has 2 rings (SSSR count). The van der Waals surface area contributed by atoms with E-state index in [1.165, 1.54) is 0 Å².